The summed E-state index contributed by atoms with van der Waals surface area (Å²) in [6, 6.07) is 3.36. The zero-order chi connectivity index (χ0) is 17.4. The molecule has 7 heteroatoms. The highest BCUT2D eigenvalue weighted by molar-refractivity contribution is 5.79. The van der Waals surface area contributed by atoms with Gasteiger partial charge in [-0.1, -0.05) is 0 Å². The van der Waals surface area contributed by atoms with E-state index < -0.39 is 0 Å². The maximum Gasteiger partial charge on any atom is 0.272 e. The summed E-state index contributed by atoms with van der Waals surface area (Å²) in [7, 11) is 0. The summed E-state index contributed by atoms with van der Waals surface area (Å²) < 4.78 is 1.46. The minimum absolute atomic E-state index is 0.0863. The number of H-pyrrole nitrogens is 1. The zero-order valence-corrected chi connectivity index (χ0v) is 14.7. The summed E-state index contributed by atoms with van der Waals surface area (Å²) in [5, 5.41) is 2.99. The van der Waals surface area contributed by atoms with Gasteiger partial charge in [-0.2, -0.15) is 0 Å². The number of aromatic amines is 1. The zero-order valence-electron chi connectivity index (χ0n) is 14.7. The van der Waals surface area contributed by atoms with Crippen LogP contribution in [0.25, 0.3) is 5.65 Å². The number of fused-ring (bicyclic) bond motifs is 1. The number of nitrogens with zero attached hydrogens (tertiary/aromatic N) is 4. The quantitative estimate of drug-likeness (QED) is 0.916. The van der Waals surface area contributed by atoms with Crippen molar-refractivity contribution in [2.45, 2.75) is 45.1 Å². The highest BCUT2D eigenvalue weighted by atomic mass is 16.2. The average Bonchev–Trinajstić information content (AvgIpc) is 3.23. The molecule has 1 amide bonds. The summed E-state index contributed by atoms with van der Waals surface area (Å²) in [5.41, 5.74) is 2.12. The van der Waals surface area contributed by atoms with Crippen LogP contribution in [-0.4, -0.2) is 56.5 Å². The summed E-state index contributed by atoms with van der Waals surface area (Å²) in [4.78, 5) is 34.1. The molecule has 4 heterocycles. The summed E-state index contributed by atoms with van der Waals surface area (Å²) in [6.07, 6.45) is 5.31. The number of hydrogen-bond donors (Lipinski definition) is 1. The number of aromatic nitrogens is 3. The molecule has 0 saturated carbocycles. The van der Waals surface area contributed by atoms with Gasteiger partial charge < -0.3 is 4.90 Å². The Kier molecular flexibility index (Phi) is 4.33. The fourth-order valence-electron chi connectivity index (χ4n) is 4.06. The van der Waals surface area contributed by atoms with Crippen molar-refractivity contribution in [2.75, 3.05) is 26.2 Å². The normalized spacial score (nSPS) is 22.0. The largest absolute Gasteiger partial charge is 0.333 e. The molecule has 0 unspecified atom stereocenters. The summed E-state index contributed by atoms with van der Waals surface area (Å²) in [5.74, 6) is 0.166. The van der Waals surface area contributed by atoms with Gasteiger partial charge in [-0.3, -0.25) is 19.6 Å². The van der Waals surface area contributed by atoms with Crippen LogP contribution in [0.4, 0.5) is 0 Å². The van der Waals surface area contributed by atoms with Gasteiger partial charge in [-0.25, -0.2) is 9.50 Å². The second-order valence-corrected chi connectivity index (χ2v) is 7.23. The Morgan fingerprint density at radius 2 is 1.96 bits per heavy atom. The Bertz CT molecular complexity index is 834. The SMILES string of the molecule is Cc1cc2nc([C@@H]3CCCCN3C(=O)CN3CCCC3)cc(=O)n2[nH]1. The number of aryl methyl sites for hydroxylation is 1. The lowest BCUT2D eigenvalue weighted by Crippen LogP contribution is -2.44. The van der Waals surface area contributed by atoms with Crippen molar-refractivity contribution in [3.63, 3.8) is 0 Å². The van der Waals surface area contributed by atoms with Crippen LogP contribution in [0.5, 0.6) is 0 Å². The molecule has 1 atom stereocenters. The lowest BCUT2D eigenvalue weighted by molar-refractivity contribution is -0.136. The second kappa shape index (κ2) is 6.63. The van der Waals surface area contributed by atoms with Gasteiger partial charge in [0.15, 0.2) is 5.65 Å². The van der Waals surface area contributed by atoms with E-state index in [0.717, 1.165) is 50.3 Å². The van der Waals surface area contributed by atoms with Crippen molar-refractivity contribution in [3.05, 3.63) is 33.9 Å². The lowest BCUT2D eigenvalue weighted by Gasteiger charge is -2.36. The molecule has 0 aromatic carbocycles. The van der Waals surface area contributed by atoms with Crippen molar-refractivity contribution in [1.29, 1.82) is 0 Å². The van der Waals surface area contributed by atoms with Crippen molar-refractivity contribution >= 4 is 11.6 Å². The number of hydrogen-bond acceptors (Lipinski definition) is 4. The number of amides is 1. The van der Waals surface area contributed by atoms with Crippen LogP contribution in [0.2, 0.25) is 0 Å². The highest BCUT2D eigenvalue weighted by Gasteiger charge is 2.30. The molecular formula is C18H25N5O2. The van der Waals surface area contributed by atoms with Crippen LogP contribution in [0.15, 0.2) is 16.9 Å². The van der Waals surface area contributed by atoms with Gasteiger partial charge in [0.2, 0.25) is 5.91 Å². The predicted octanol–water partition coefficient (Wildman–Crippen LogP) is 1.48. The standard InChI is InChI=1S/C18H25N5O2/c1-13-10-16-19-14(11-17(24)23(16)20-13)15-6-2-3-9-22(15)18(25)12-21-7-4-5-8-21/h10-11,15,20H,2-9,12H2,1H3/t15-/m0/s1. The van der Waals surface area contributed by atoms with Crippen LogP contribution in [0.3, 0.4) is 0 Å². The second-order valence-electron chi connectivity index (χ2n) is 7.23. The molecule has 2 aromatic heterocycles. The molecular weight excluding hydrogens is 318 g/mol. The van der Waals surface area contributed by atoms with Gasteiger partial charge in [-0.05, 0) is 52.1 Å². The van der Waals surface area contributed by atoms with E-state index in [9.17, 15) is 9.59 Å². The van der Waals surface area contributed by atoms with E-state index in [2.05, 4.69) is 15.0 Å². The van der Waals surface area contributed by atoms with Crippen molar-refractivity contribution in [1.82, 2.24) is 24.4 Å². The third-order valence-electron chi connectivity index (χ3n) is 5.32. The Hall–Kier alpha value is -2.15. The van der Waals surface area contributed by atoms with Crippen molar-refractivity contribution in [2.24, 2.45) is 0 Å². The Morgan fingerprint density at radius 3 is 2.76 bits per heavy atom. The minimum Gasteiger partial charge on any atom is -0.333 e. The molecule has 1 N–H and O–H groups in total. The van der Waals surface area contributed by atoms with Crippen LogP contribution in [-0.2, 0) is 4.79 Å². The number of rotatable bonds is 3. The Morgan fingerprint density at radius 1 is 1.20 bits per heavy atom. The molecule has 0 bridgehead atoms. The van der Waals surface area contributed by atoms with Gasteiger partial charge in [0.1, 0.15) is 0 Å². The van der Waals surface area contributed by atoms with E-state index in [1.165, 1.54) is 17.4 Å². The smallest absolute Gasteiger partial charge is 0.272 e. The molecule has 25 heavy (non-hydrogen) atoms. The van der Waals surface area contributed by atoms with Gasteiger partial charge in [-0.15, -0.1) is 0 Å². The maximum atomic E-state index is 12.9. The third-order valence-corrected chi connectivity index (χ3v) is 5.32. The number of carbonyl (C=O) groups excluding carboxylic acids is 1. The first-order valence-electron chi connectivity index (χ1n) is 9.23. The first kappa shape index (κ1) is 16.3. The average molecular weight is 343 g/mol. The molecule has 4 rings (SSSR count). The van der Waals surface area contributed by atoms with E-state index in [-0.39, 0.29) is 17.5 Å². The van der Waals surface area contributed by atoms with Gasteiger partial charge in [0.05, 0.1) is 18.3 Å². The minimum atomic E-state index is -0.120. The third kappa shape index (κ3) is 3.20. The Balaban J connectivity index is 1.62. The van der Waals surface area contributed by atoms with Crippen molar-refractivity contribution < 1.29 is 4.79 Å². The fraction of sp³-hybridized carbons (Fsp3) is 0.611. The molecule has 0 aliphatic carbocycles. The maximum absolute atomic E-state index is 12.9. The molecule has 2 saturated heterocycles. The summed E-state index contributed by atoms with van der Waals surface area (Å²) in [6.45, 7) is 5.17. The van der Waals surface area contributed by atoms with Gasteiger partial charge >= 0.3 is 0 Å². The first-order valence-corrected chi connectivity index (χ1v) is 9.23. The van der Waals surface area contributed by atoms with Gasteiger partial charge in [0, 0.05) is 24.4 Å². The monoisotopic (exact) mass is 343 g/mol. The van der Waals surface area contributed by atoms with E-state index in [4.69, 9.17) is 0 Å². The van der Waals surface area contributed by atoms with Crippen LogP contribution in [0.1, 0.15) is 49.5 Å². The van der Waals surface area contributed by atoms with E-state index in [1.807, 2.05) is 17.9 Å². The number of carbonyl (C=O) groups is 1. The van der Waals surface area contributed by atoms with E-state index in [0.29, 0.717) is 12.2 Å². The summed E-state index contributed by atoms with van der Waals surface area (Å²) >= 11 is 0. The first-order chi connectivity index (χ1) is 12.1. The number of likely N-dealkylation sites (tertiary alicyclic amines) is 2. The molecule has 7 nitrogen and oxygen atoms in total. The predicted molar refractivity (Wildman–Crippen MR) is 94.5 cm³/mol. The molecule has 0 spiro atoms. The fourth-order valence-corrected chi connectivity index (χ4v) is 4.06. The lowest BCUT2D eigenvalue weighted by atomic mass is 9.99. The van der Waals surface area contributed by atoms with Crippen molar-refractivity contribution in [3.8, 4) is 0 Å². The number of nitrogens with one attached hydrogen (secondary N) is 1. The highest BCUT2D eigenvalue weighted by Crippen LogP contribution is 2.30. The Labute approximate surface area is 146 Å². The topological polar surface area (TPSA) is 73.7 Å². The van der Waals surface area contributed by atoms with E-state index in [1.54, 1.807) is 6.07 Å². The molecule has 2 aromatic rings. The molecule has 2 fully saturated rings. The molecule has 0 radical (unpaired) electrons. The van der Waals surface area contributed by atoms with Crippen LogP contribution >= 0.6 is 0 Å². The molecule has 134 valence electrons. The van der Waals surface area contributed by atoms with E-state index >= 15 is 0 Å². The molecule has 2 aliphatic heterocycles. The van der Waals surface area contributed by atoms with Crippen LogP contribution in [0, 0.1) is 6.92 Å². The van der Waals surface area contributed by atoms with Gasteiger partial charge in [0.25, 0.3) is 5.56 Å². The number of piperidine rings is 1. The van der Waals surface area contributed by atoms with Crippen LogP contribution < -0.4 is 5.56 Å². The molecule has 2 aliphatic rings.